The van der Waals surface area contributed by atoms with Gasteiger partial charge in [-0.05, 0) is 35.9 Å². The summed E-state index contributed by atoms with van der Waals surface area (Å²) in [5.74, 6) is -0.739. The molecule has 0 saturated heterocycles. The SMILES string of the molecule is CC(=O)Nc1ccc(Br)cc1C(=O)OCc1ccc(Br)cc1. The minimum absolute atomic E-state index is 0.165. The standard InChI is InChI=1S/C16H13Br2NO3/c1-10(20)19-15-7-6-13(18)8-14(15)16(21)22-9-11-2-4-12(17)5-3-11/h2-8H,9H2,1H3,(H,19,20). The maximum atomic E-state index is 12.2. The normalized spacial score (nSPS) is 10.1. The lowest BCUT2D eigenvalue weighted by Gasteiger charge is -2.10. The number of halogens is 2. The van der Waals surface area contributed by atoms with Crippen LogP contribution in [0.1, 0.15) is 22.8 Å². The second kappa shape index (κ2) is 7.56. The minimum Gasteiger partial charge on any atom is -0.457 e. The molecule has 0 aliphatic rings. The summed E-state index contributed by atoms with van der Waals surface area (Å²) in [6.07, 6.45) is 0. The number of esters is 1. The summed E-state index contributed by atoms with van der Waals surface area (Å²) in [6, 6.07) is 12.5. The Morgan fingerprint density at radius 3 is 2.32 bits per heavy atom. The second-order valence-corrected chi connectivity index (χ2v) is 6.41. The highest BCUT2D eigenvalue weighted by molar-refractivity contribution is 9.10. The third kappa shape index (κ3) is 4.68. The van der Waals surface area contributed by atoms with E-state index in [0.29, 0.717) is 11.3 Å². The number of anilines is 1. The summed E-state index contributed by atoms with van der Waals surface area (Å²) in [4.78, 5) is 23.4. The van der Waals surface area contributed by atoms with Crippen LogP contribution in [0.2, 0.25) is 0 Å². The molecule has 0 fully saturated rings. The van der Waals surface area contributed by atoms with E-state index in [1.807, 2.05) is 24.3 Å². The predicted molar refractivity (Wildman–Crippen MR) is 91.7 cm³/mol. The molecule has 0 radical (unpaired) electrons. The van der Waals surface area contributed by atoms with E-state index >= 15 is 0 Å². The molecule has 4 nitrogen and oxygen atoms in total. The molecular formula is C16H13Br2NO3. The predicted octanol–water partition coefficient (Wildman–Crippen LogP) is 4.53. The molecule has 0 unspecified atom stereocenters. The first kappa shape index (κ1) is 16.7. The van der Waals surface area contributed by atoms with Gasteiger partial charge < -0.3 is 10.1 Å². The Labute approximate surface area is 145 Å². The van der Waals surface area contributed by atoms with Crippen LogP contribution in [0, 0.1) is 0 Å². The molecule has 0 spiro atoms. The Morgan fingerprint density at radius 1 is 1.05 bits per heavy atom. The van der Waals surface area contributed by atoms with Crippen LogP contribution in [0.15, 0.2) is 51.4 Å². The van der Waals surface area contributed by atoms with Crippen LogP contribution in [0.4, 0.5) is 5.69 Å². The number of hydrogen-bond acceptors (Lipinski definition) is 3. The van der Waals surface area contributed by atoms with Crippen molar-refractivity contribution in [2.24, 2.45) is 0 Å². The molecule has 1 amide bonds. The average molecular weight is 427 g/mol. The molecule has 0 bridgehead atoms. The molecular weight excluding hydrogens is 414 g/mol. The Morgan fingerprint density at radius 2 is 1.68 bits per heavy atom. The van der Waals surface area contributed by atoms with Crippen LogP contribution in [-0.4, -0.2) is 11.9 Å². The van der Waals surface area contributed by atoms with Gasteiger partial charge in [-0.2, -0.15) is 0 Å². The Kier molecular flexibility index (Phi) is 5.74. The molecule has 0 aliphatic carbocycles. The Bertz CT molecular complexity index is 699. The van der Waals surface area contributed by atoms with Gasteiger partial charge in [-0.3, -0.25) is 4.79 Å². The number of rotatable bonds is 4. The maximum Gasteiger partial charge on any atom is 0.340 e. The third-order valence-corrected chi connectivity index (χ3v) is 3.82. The number of ether oxygens (including phenoxy) is 1. The van der Waals surface area contributed by atoms with Gasteiger partial charge in [-0.1, -0.05) is 44.0 Å². The summed E-state index contributed by atoms with van der Waals surface area (Å²) in [5, 5.41) is 2.62. The summed E-state index contributed by atoms with van der Waals surface area (Å²) < 4.78 is 7.00. The average Bonchev–Trinajstić information content (AvgIpc) is 2.48. The van der Waals surface area contributed by atoms with E-state index in [0.717, 1.165) is 14.5 Å². The summed E-state index contributed by atoms with van der Waals surface area (Å²) in [7, 11) is 0. The molecule has 0 atom stereocenters. The van der Waals surface area contributed by atoms with Crippen molar-refractivity contribution >= 4 is 49.4 Å². The van der Waals surface area contributed by atoms with Crippen molar-refractivity contribution in [3.63, 3.8) is 0 Å². The topological polar surface area (TPSA) is 55.4 Å². The van der Waals surface area contributed by atoms with Gasteiger partial charge in [0, 0.05) is 15.9 Å². The van der Waals surface area contributed by atoms with Crippen molar-refractivity contribution in [2.45, 2.75) is 13.5 Å². The van der Waals surface area contributed by atoms with Gasteiger partial charge in [0.2, 0.25) is 5.91 Å². The molecule has 1 N–H and O–H groups in total. The lowest BCUT2D eigenvalue weighted by Crippen LogP contribution is -2.13. The van der Waals surface area contributed by atoms with Crippen molar-refractivity contribution in [2.75, 3.05) is 5.32 Å². The maximum absolute atomic E-state index is 12.2. The fourth-order valence-corrected chi connectivity index (χ4v) is 2.42. The first-order valence-electron chi connectivity index (χ1n) is 6.44. The number of benzene rings is 2. The van der Waals surface area contributed by atoms with E-state index in [2.05, 4.69) is 37.2 Å². The summed E-state index contributed by atoms with van der Waals surface area (Å²) in [6.45, 7) is 1.55. The van der Waals surface area contributed by atoms with Gasteiger partial charge in [0.15, 0.2) is 0 Å². The van der Waals surface area contributed by atoms with Crippen LogP contribution >= 0.6 is 31.9 Å². The number of carbonyl (C=O) groups is 2. The monoisotopic (exact) mass is 425 g/mol. The summed E-state index contributed by atoms with van der Waals surface area (Å²) in [5.41, 5.74) is 1.62. The van der Waals surface area contributed by atoms with E-state index in [4.69, 9.17) is 4.74 Å². The van der Waals surface area contributed by atoms with Crippen LogP contribution < -0.4 is 5.32 Å². The van der Waals surface area contributed by atoms with Gasteiger partial charge >= 0.3 is 5.97 Å². The highest BCUT2D eigenvalue weighted by Gasteiger charge is 2.14. The van der Waals surface area contributed by atoms with Gasteiger partial charge in [-0.15, -0.1) is 0 Å². The van der Waals surface area contributed by atoms with Crippen LogP contribution in [0.25, 0.3) is 0 Å². The highest BCUT2D eigenvalue weighted by Crippen LogP contribution is 2.22. The molecule has 2 aromatic carbocycles. The van der Waals surface area contributed by atoms with Gasteiger partial charge in [0.1, 0.15) is 6.61 Å². The van der Waals surface area contributed by atoms with Crippen molar-refractivity contribution < 1.29 is 14.3 Å². The minimum atomic E-state index is -0.493. The summed E-state index contributed by atoms with van der Waals surface area (Å²) >= 11 is 6.66. The van der Waals surface area contributed by atoms with Crippen molar-refractivity contribution in [1.82, 2.24) is 0 Å². The highest BCUT2D eigenvalue weighted by atomic mass is 79.9. The fourth-order valence-electron chi connectivity index (χ4n) is 1.79. The molecule has 22 heavy (non-hydrogen) atoms. The Balaban J connectivity index is 2.12. The van der Waals surface area contributed by atoms with Crippen molar-refractivity contribution in [3.8, 4) is 0 Å². The Hall–Kier alpha value is -1.66. The van der Waals surface area contributed by atoms with Gasteiger partial charge in [-0.25, -0.2) is 4.79 Å². The van der Waals surface area contributed by atoms with Crippen molar-refractivity contribution in [1.29, 1.82) is 0 Å². The van der Waals surface area contributed by atoms with Crippen LogP contribution in [-0.2, 0) is 16.1 Å². The van der Waals surface area contributed by atoms with E-state index in [1.54, 1.807) is 18.2 Å². The zero-order valence-corrected chi connectivity index (χ0v) is 14.9. The van der Waals surface area contributed by atoms with Crippen LogP contribution in [0.3, 0.4) is 0 Å². The molecule has 2 aromatic rings. The molecule has 114 valence electrons. The molecule has 0 aliphatic heterocycles. The van der Waals surface area contributed by atoms with Crippen LogP contribution in [0.5, 0.6) is 0 Å². The zero-order chi connectivity index (χ0) is 16.1. The molecule has 6 heteroatoms. The molecule has 0 aromatic heterocycles. The van der Waals surface area contributed by atoms with E-state index in [-0.39, 0.29) is 12.5 Å². The first-order valence-corrected chi connectivity index (χ1v) is 8.03. The van der Waals surface area contributed by atoms with E-state index < -0.39 is 5.97 Å². The fraction of sp³-hybridized carbons (Fsp3) is 0.125. The quantitative estimate of drug-likeness (QED) is 0.730. The first-order chi connectivity index (χ1) is 10.5. The van der Waals surface area contributed by atoms with E-state index in [9.17, 15) is 9.59 Å². The van der Waals surface area contributed by atoms with Gasteiger partial charge in [0.05, 0.1) is 11.3 Å². The number of carbonyl (C=O) groups excluding carboxylic acids is 2. The zero-order valence-electron chi connectivity index (χ0n) is 11.7. The number of nitrogens with one attached hydrogen (secondary N) is 1. The smallest absolute Gasteiger partial charge is 0.340 e. The van der Waals surface area contributed by atoms with Crippen molar-refractivity contribution in [3.05, 3.63) is 62.5 Å². The molecule has 2 rings (SSSR count). The third-order valence-electron chi connectivity index (χ3n) is 2.80. The number of amides is 1. The largest absolute Gasteiger partial charge is 0.457 e. The molecule has 0 saturated carbocycles. The van der Waals surface area contributed by atoms with Gasteiger partial charge in [0.25, 0.3) is 0 Å². The number of hydrogen-bond donors (Lipinski definition) is 1. The lowest BCUT2D eigenvalue weighted by atomic mass is 10.1. The lowest BCUT2D eigenvalue weighted by molar-refractivity contribution is -0.114. The second-order valence-electron chi connectivity index (χ2n) is 4.57. The van der Waals surface area contributed by atoms with E-state index in [1.165, 1.54) is 6.92 Å². The molecule has 0 heterocycles.